The number of rotatable bonds is 5. The van der Waals surface area contributed by atoms with Gasteiger partial charge in [0.2, 0.25) is 0 Å². The third-order valence-electron chi connectivity index (χ3n) is 6.49. The first-order chi connectivity index (χ1) is 15.3. The lowest BCUT2D eigenvalue weighted by atomic mass is 9.96. The van der Waals surface area contributed by atoms with Gasteiger partial charge in [0.1, 0.15) is 18.0 Å². The maximum Gasteiger partial charge on any atom is 0.315 e. The molecule has 6 nitrogen and oxygen atoms in total. The summed E-state index contributed by atoms with van der Waals surface area (Å²) in [6, 6.07) is 18.3. The average Bonchev–Trinajstić information content (AvgIpc) is 3.39. The van der Waals surface area contributed by atoms with E-state index >= 15 is 0 Å². The summed E-state index contributed by atoms with van der Waals surface area (Å²) in [5.74, 6) is 0.797. The average molecular weight is 423 g/mol. The predicted molar refractivity (Wildman–Crippen MR) is 118 cm³/mol. The van der Waals surface area contributed by atoms with Crippen LogP contribution in [0.4, 0.5) is 4.79 Å². The lowest BCUT2D eigenvalue weighted by Crippen LogP contribution is -2.51. The van der Waals surface area contributed by atoms with Gasteiger partial charge in [0.15, 0.2) is 6.10 Å². The van der Waals surface area contributed by atoms with Crippen LogP contribution in [0.2, 0.25) is 0 Å². The monoisotopic (exact) mass is 422 g/mol. The van der Waals surface area contributed by atoms with Crippen molar-refractivity contribution in [2.24, 2.45) is 0 Å². The number of amides is 2. The molecule has 2 saturated heterocycles. The summed E-state index contributed by atoms with van der Waals surface area (Å²) in [6.07, 6.45) is 5.23. The third-order valence-corrected chi connectivity index (χ3v) is 6.49. The van der Waals surface area contributed by atoms with E-state index in [2.05, 4.69) is 28.8 Å². The minimum absolute atomic E-state index is 0.121. The van der Waals surface area contributed by atoms with Crippen molar-refractivity contribution in [1.29, 1.82) is 0 Å². The summed E-state index contributed by atoms with van der Waals surface area (Å²) in [7, 11) is 0. The zero-order chi connectivity index (χ0) is 21.0. The SMILES string of the molecule is O=C(NC1CCCCC1)N[C@H]1CO[C@H]2[C@@H]1OC[C@@H]2Oc1cccc(-c2ccccc2)c1. The Morgan fingerprint density at radius 2 is 1.61 bits per heavy atom. The number of carbonyl (C=O) groups excluding carboxylic acids is 1. The van der Waals surface area contributed by atoms with Crippen molar-refractivity contribution in [3.8, 4) is 16.9 Å². The van der Waals surface area contributed by atoms with Crippen LogP contribution in [0.1, 0.15) is 32.1 Å². The maximum atomic E-state index is 12.4. The van der Waals surface area contributed by atoms with Crippen molar-refractivity contribution in [1.82, 2.24) is 10.6 Å². The van der Waals surface area contributed by atoms with E-state index in [0.717, 1.165) is 29.7 Å². The molecule has 2 N–H and O–H groups in total. The predicted octanol–water partition coefficient (Wildman–Crippen LogP) is 3.90. The van der Waals surface area contributed by atoms with Crippen LogP contribution < -0.4 is 15.4 Å². The van der Waals surface area contributed by atoms with Gasteiger partial charge in [0.25, 0.3) is 0 Å². The van der Waals surface area contributed by atoms with E-state index in [1.807, 2.05) is 36.4 Å². The number of hydrogen-bond donors (Lipinski definition) is 2. The highest BCUT2D eigenvalue weighted by molar-refractivity contribution is 5.74. The highest BCUT2D eigenvalue weighted by Crippen LogP contribution is 2.31. The minimum atomic E-state index is -0.191. The summed E-state index contributed by atoms with van der Waals surface area (Å²) in [5.41, 5.74) is 2.26. The van der Waals surface area contributed by atoms with Gasteiger partial charge < -0.3 is 24.8 Å². The Labute approximate surface area is 183 Å². The van der Waals surface area contributed by atoms with Gasteiger partial charge in [0.05, 0.1) is 19.3 Å². The molecule has 31 heavy (non-hydrogen) atoms. The van der Waals surface area contributed by atoms with E-state index in [4.69, 9.17) is 14.2 Å². The molecule has 3 aliphatic rings. The van der Waals surface area contributed by atoms with Crippen molar-refractivity contribution < 1.29 is 19.0 Å². The summed E-state index contributed by atoms with van der Waals surface area (Å²) in [4.78, 5) is 12.4. The molecule has 2 heterocycles. The first kappa shape index (κ1) is 20.3. The number of fused-ring (bicyclic) bond motifs is 1. The molecule has 1 saturated carbocycles. The summed E-state index contributed by atoms with van der Waals surface area (Å²) >= 11 is 0. The standard InChI is InChI=1S/C25H30N2O4/c28-25(26-19-11-5-2-6-12-19)27-21-15-29-24-22(16-30-23(21)24)31-20-13-7-10-18(14-20)17-8-3-1-4-9-17/h1,3-4,7-10,13-14,19,21-24H,2,5-6,11-12,15-16H2,(H2,26,27,28)/t21-,22-,23+,24+/m0/s1. The van der Waals surface area contributed by atoms with Crippen LogP contribution in [-0.2, 0) is 9.47 Å². The molecule has 4 atom stereocenters. The Balaban J connectivity index is 1.17. The number of carbonyl (C=O) groups is 1. The number of hydrogen-bond acceptors (Lipinski definition) is 4. The second kappa shape index (κ2) is 9.28. The van der Waals surface area contributed by atoms with Crippen LogP contribution in [0.15, 0.2) is 54.6 Å². The molecule has 164 valence electrons. The van der Waals surface area contributed by atoms with Crippen LogP contribution in [-0.4, -0.2) is 49.6 Å². The van der Waals surface area contributed by atoms with Crippen LogP contribution in [0.5, 0.6) is 5.75 Å². The van der Waals surface area contributed by atoms with Gasteiger partial charge in [-0.1, -0.05) is 61.7 Å². The second-order valence-electron chi connectivity index (χ2n) is 8.71. The van der Waals surface area contributed by atoms with Gasteiger partial charge in [0, 0.05) is 6.04 Å². The maximum absolute atomic E-state index is 12.4. The van der Waals surface area contributed by atoms with Gasteiger partial charge >= 0.3 is 6.03 Å². The van der Waals surface area contributed by atoms with Crippen LogP contribution >= 0.6 is 0 Å². The molecule has 2 aromatic rings. The smallest absolute Gasteiger partial charge is 0.315 e. The minimum Gasteiger partial charge on any atom is -0.485 e. The molecule has 5 rings (SSSR count). The molecule has 0 radical (unpaired) electrons. The Morgan fingerprint density at radius 1 is 0.839 bits per heavy atom. The van der Waals surface area contributed by atoms with Gasteiger partial charge in [-0.25, -0.2) is 4.79 Å². The third kappa shape index (κ3) is 4.70. The zero-order valence-electron chi connectivity index (χ0n) is 17.7. The largest absolute Gasteiger partial charge is 0.485 e. The fraction of sp³-hybridized carbons (Fsp3) is 0.480. The Hall–Kier alpha value is -2.57. The van der Waals surface area contributed by atoms with E-state index in [9.17, 15) is 4.79 Å². The fourth-order valence-electron chi connectivity index (χ4n) is 4.89. The molecule has 0 unspecified atom stereocenters. The quantitative estimate of drug-likeness (QED) is 0.767. The van der Waals surface area contributed by atoms with E-state index < -0.39 is 0 Å². The van der Waals surface area contributed by atoms with Crippen molar-refractivity contribution in [2.45, 2.75) is 62.5 Å². The van der Waals surface area contributed by atoms with Gasteiger partial charge in [-0.2, -0.15) is 0 Å². The first-order valence-corrected chi connectivity index (χ1v) is 11.4. The summed E-state index contributed by atoms with van der Waals surface area (Å²) < 4.78 is 18.2. The van der Waals surface area contributed by atoms with Gasteiger partial charge in [-0.05, 0) is 36.1 Å². The molecule has 0 spiro atoms. The molecule has 0 bridgehead atoms. The van der Waals surface area contributed by atoms with Crippen molar-refractivity contribution >= 4 is 6.03 Å². The normalized spacial score (nSPS) is 28.1. The van der Waals surface area contributed by atoms with E-state index in [1.54, 1.807) is 0 Å². The highest BCUT2D eigenvalue weighted by atomic mass is 16.6. The molecule has 2 amide bonds. The number of benzene rings is 2. The Kier molecular flexibility index (Phi) is 6.09. The summed E-state index contributed by atoms with van der Waals surface area (Å²) in [5, 5.41) is 6.16. The van der Waals surface area contributed by atoms with Crippen molar-refractivity contribution in [3.63, 3.8) is 0 Å². The molecule has 0 aromatic heterocycles. The van der Waals surface area contributed by atoms with E-state index in [0.29, 0.717) is 13.2 Å². The van der Waals surface area contributed by atoms with E-state index in [-0.39, 0.29) is 36.4 Å². The van der Waals surface area contributed by atoms with Gasteiger partial charge in [-0.3, -0.25) is 0 Å². The molecule has 6 heteroatoms. The van der Waals surface area contributed by atoms with Crippen molar-refractivity contribution in [2.75, 3.05) is 13.2 Å². The number of nitrogens with one attached hydrogen (secondary N) is 2. The van der Waals surface area contributed by atoms with Crippen LogP contribution in [0, 0.1) is 0 Å². The van der Waals surface area contributed by atoms with Crippen LogP contribution in [0.25, 0.3) is 11.1 Å². The molecule has 3 fully saturated rings. The second-order valence-corrected chi connectivity index (χ2v) is 8.71. The molecular weight excluding hydrogens is 392 g/mol. The van der Waals surface area contributed by atoms with Gasteiger partial charge in [-0.15, -0.1) is 0 Å². The van der Waals surface area contributed by atoms with E-state index in [1.165, 1.54) is 19.3 Å². The van der Waals surface area contributed by atoms with Crippen molar-refractivity contribution in [3.05, 3.63) is 54.6 Å². The lowest BCUT2D eigenvalue weighted by Gasteiger charge is -2.24. The lowest BCUT2D eigenvalue weighted by molar-refractivity contribution is 0.0304. The van der Waals surface area contributed by atoms with Crippen LogP contribution in [0.3, 0.4) is 0 Å². The Morgan fingerprint density at radius 3 is 2.45 bits per heavy atom. The molecule has 1 aliphatic carbocycles. The number of urea groups is 1. The number of ether oxygens (including phenoxy) is 3. The fourth-order valence-corrected chi connectivity index (χ4v) is 4.89. The highest BCUT2D eigenvalue weighted by Gasteiger charge is 2.49. The first-order valence-electron chi connectivity index (χ1n) is 11.4. The molecular formula is C25H30N2O4. The molecule has 2 aromatic carbocycles. The Bertz CT molecular complexity index is 884. The topological polar surface area (TPSA) is 68.8 Å². The summed E-state index contributed by atoms with van der Waals surface area (Å²) in [6.45, 7) is 0.894. The zero-order valence-corrected chi connectivity index (χ0v) is 17.7. The molecule has 2 aliphatic heterocycles.